The highest BCUT2D eigenvalue weighted by Crippen LogP contribution is 2.37. The molecule has 1 saturated carbocycles. The summed E-state index contributed by atoms with van der Waals surface area (Å²) in [4.78, 5) is 0. The van der Waals surface area contributed by atoms with Gasteiger partial charge in [-0.25, -0.2) is 4.39 Å². The number of anilines is 1. The van der Waals surface area contributed by atoms with Crippen LogP contribution in [0.4, 0.5) is 10.1 Å². The highest BCUT2D eigenvalue weighted by atomic mass is 19.1. The summed E-state index contributed by atoms with van der Waals surface area (Å²) in [6.45, 7) is 2.25. The molecule has 0 aliphatic heterocycles. The second-order valence-corrected chi connectivity index (χ2v) is 4.75. The smallest absolute Gasteiger partial charge is 0.128 e. The number of nitrogens with two attached hydrogens (primary N) is 1. The number of hydrogen-bond donors (Lipinski definition) is 1. The molecule has 82 valence electrons. The van der Waals surface area contributed by atoms with Crippen LogP contribution < -0.4 is 5.73 Å². The molecule has 0 radical (unpaired) electrons. The molecular formula is C13H18FN. The molecule has 1 aliphatic rings. The molecule has 0 amide bonds. The van der Waals surface area contributed by atoms with Crippen LogP contribution in [0.3, 0.4) is 0 Å². The van der Waals surface area contributed by atoms with Crippen molar-refractivity contribution in [2.45, 2.75) is 38.5 Å². The molecule has 1 aliphatic carbocycles. The van der Waals surface area contributed by atoms with Gasteiger partial charge in [0.1, 0.15) is 5.82 Å². The van der Waals surface area contributed by atoms with Gasteiger partial charge in [-0.15, -0.1) is 0 Å². The lowest BCUT2D eigenvalue weighted by Gasteiger charge is -2.27. The minimum atomic E-state index is -0.130. The van der Waals surface area contributed by atoms with Gasteiger partial charge >= 0.3 is 0 Å². The van der Waals surface area contributed by atoms with Crippen LogP contribution >= 0.6 is 0 Å². The van der Waals surface area contributed by atoms with E-state index in [0.29, 0.717) is 11.6 Å². The summed E-state index contributed by atoms with van der Waals surface area (Å²) < 4.78 is 13.7. The Morgan fingerprint density at radius 3 is 2.80 bits per heavy atom. The van der Waals surface area contributed by atoms with E-state index in [0.717, 1.165) is 24.3 Å². The van der Waals surface area contributed by atoms with Crippen molar-refractivity contribution in [3.05, 3.63) is 29.6 Å². The van der Waals surface area contributed by atoms with Crippen molar-refractivity contribution in [1.29, 1.82) is 0 Å². The second kappa shape index (κ2) is 4.21. The maximum Gasteiger partial charge on any atom is 0.128 e. The van der Waals surface area contributed by atoms with E-state index in [1.165, 1.54) is 18.9 Å². The highest BCUT2D eigenvalue weighted by Gasteiger charge is 2.22. The lowest BCUT2D eigenvalue weighted by Crippen LogP contribution is -2.13. The van der Waals surface area contributed by atoms with Crippen LogP contribution in [0.2, 0.25) is 0 Å². The predicted molar refractivity (Wildman–Crippen MR) is 61.2 cm³/mol. The number of rotatable bonds is 1. The fraction of sp³-hybridized carbons (Fsp3) is 0.538. The van der Waals surface area contributed by atoms with E-state index in [4.69, 9.17) is 5.73 Å². The van der Waals surface area contributed by atoms with Crippen LogP contribution in [0.15, 0.2) is 18.2 Å². The molecule has 1 nitrogen and oxygen atoms in total. The van der Waals surface area contributed by atoms with Gasteiger partial charge in [-0.2, -0.15) is 0 Å². The molecule has 1 aromatic rings. The standard InChI is InChI=1S/C13H18FN/c1-9-3-2-4-10(7-9)12-6-5-11(15)8-13(12)14/h5-6,8-10H,2-4,7,15H2,1H3. The SMILES string of the molecule is CC1CCCC(c2ccc(N)cc2F)C1. The van der Waals surface area contributed by atoms with Gasteiger partial charge in [-0.1, -0.05) is 25.8 Å². The zero-order chi connectivity index (χ0) is 10.8. The summed E-state index contributed by atoms with van der Waals surface area (Å²) in [5, 5.41) is 0. The zero-order valence-corrected chi connectivity index (χ0v) is 9.17. The van der Waals surface area contributed by atoms with Gasteiger partial charge < -0.3 is 5.73 Å². The Labute approximate surface area is 90.5 Å². The molecule has 2 heteroatoms. The Hall–Kier alpha value is -1.05. The first-order valence-electron chi connectivity index (χ1n) is 5.71. The lowest BCUT2D eigenvalue weighted by atomic mass is 9.78. The highest BCUT2D eigenvalue weighted by molar-refractivity contribution is 5.41. The van der Waals surface area contributed by atoms with E-state index in [1.54, 1.807) is 6.07 Å². The summed E-state index contributed by atoms with van der Waals surface area (Å²) in [5.41, 5.74) is 6.92. The van der Waals surface area contributed by atoms with Crippen molar-refractivity contribution >= 4 is 5.69 Å². The van der Waals surface area contributed by atoms with E-state index < -0.39 is 0 Å². The first kappa shape index (κ1) is 10.5. The number of hydrogen-bond acceptors (Lipinski definition) is 1. The number of benzene rings is 1. The molecule has 1 aromatic carbocycles. The summed E-state index contributed by atoms with van der Waals surface area (Å²) in [5.74, 6) is 0.990. The van der Waals surface area contributed by atoms with Crippen molar-refractivity contribution in [1.82, 2.24) is 0 Å². The molecule has 15 heavy (non-hydrogen) atoms. The molecule has 0 heterocycles. The van der Waals surface area contributed by atoms with Gasteiger partial charge in [0.25, 0.3) is 0 Å². The molecule has 2 N–H and O–H groups in total. The summed E-state index contributed by atoms with van der Waals surface area (Å²) in [7, 11) is 0. The van der Waals surface area contributed by atoms with Gasteiger partial charge in [0.2, 0.25) is 0 Å². The molecule has 0 saturated heterocycles. The molecule has 0 aromatic heterocycles. The Kier molecular flexibility index (Phi) is 2.94. The summed E-state index contributed by atoms with van der Waals surface area (Å²) in [6, 6.07) is 5.10. The van der Waals surface area contributed by atoms with Crippen molar-refractivity contribution < 1.29 is 4.39 Å². The zero-order valence-electron chi connectivity index (χ0n) is 9.17. The molecule has 2 rings (SSSR count). The molecule has 2 atom stereocenters. The first-order valence-corrected chi connectivity index (χ1v) is 5.71. The van der Waals surface area contributed by atoms with Crippen LogP contribution in [0.5, 0.6) is 0 Å². The molecule has 1 fully saturated rings. The van der Waals surface area contributed by atoms with Crippen molar-refractivity contribution in [2.24, 2.45) is 5.92 Å². The van der Waals surface area contributed by atoms with E-state index in [-0.39, 0.29) is 5.82 Å². The van der Waals surface area contributed by atoms with Gasteiger partial charge in [0.15, 0.2) is 0 Å². The van der Waals surface area contributed by atoms with E-state index in [1.807, 2.05) is 6.07 Å². The van der Waals surface area contributed by atoms with Crippen LogP contribution in [-0.2, 0) is 0 Å². The normalized spacial score (nSPS) is 26.5. The third-order valence-corrected chi connectivity index (χ3v) is 3.40. The van der Waals surface area contributed by atoms with Gasteiger partial charge in [0.05, 0.1) is 0 Å². The summed E-state index contributed by atoms with van der Waals surface area (Å²) >= 11 is 0. The van der Waals surface area contributed by atoms with Gasteiger partial charge in [-0.3, -0.25) is 0 Å². The van der Waals surface area contributed by atoms with Crippen LogP contribution in [0.25, 0.3) is 0 Å². The molecule has 0 spiro atoms. The average Bonchev–Trinajstić information content (AvgIpc) is 2.17. The minimum absolute atomic E-state index is 0.130. The van der Waals surface area contributed by atoms with E-state index in [9.17, 15) is 4.39 Å². The van der Waals surface area contributed by atoms with Crippen molar-refractivity contribution in [2.75, 3.05) is 5.73 Å². The lowest BCUT2D eigenvalue weighted by molar-refractivity contribution is 0.338. The van der Waals surface area contributed by atoms with Crippen molar-refractivity contribution in [3.63, 3.8) is 0 Å². The third kappa shape index (κ3) is 2.31. The monoisotopic (exact) mass is 207 g/mol. The molecular weight excluding hydrogens is 189 g/mol. The van der Waals surface area contributed by atoms with Crippen LogP contribution in [0.1, 0.15) is 44.1 Å². The maximum absolute atomic E-state index is 13.7. The minimum Gasteiger partial charge on any atom is -0.399 e. The Morgan fingerprint density at radius 2 is 2.13 bits per heavy atom. The predicted octanol–water partition coefficient (Wildman–Crippen LogP) is 3.70. The average molecular weight is 207 g/mol. The Balaban J connectivity index is 2.21. The summed E-state index contributed by atoms with van der Waals surface area (Å²) in [6.07, 6.45) is 4.73. The third-order valence-electron chi connectivity index (χ3n) is 3.40. The molecule has 2 unspecified atom stereocenters. The van der Waals surface area contributed by atoms with Crippen LogP contribution in [0, 0.1) is 11.7 Å². The second-order valence-electron chi connectivity index (χ2n) is 4.75. The fourth-order valence-corrected chi connectivity index (χ4v) is 2.59. The Bertz CT molecular complexity index is 348. The maximum atomic E-state index is 13.7. The first-order chi connectivity index (χ1) is 7.16. The number of nitrogen functional groups attached to an aromatic ring is 1. The van der Waals surface area contributed by atoms with E-state index >= 15 is 0 Å². The van der Waals surface area contributed by atoms with E-state index in [2.05, 4.69) is 6.92 Å². The largest absolute Gasteiger partial charge is 0.399 e. The van der Waals surface area contributed by atoms with Crippen molar-refractivity contribution in [3.8, 4) is 0 Å². The fourth-order valence-electron chi connectivity index (χ4n) is 2.59. The van der Waals surface area contributed by atoms with Gasteiger partial charge in [-0.05, 0) is 42.4 Å². The van der Waals surface area contributed by atoms with Crippen LogP contribution in [-0.4, -0.2) is 0 Å². The molecule has 0 bridgehead atoms. The topological polar surface area (TPSA) is 26.0 Å². The Morgan fingerprint density at radius 1 is 1.33 bits per heavy atom. The number of halogens is 1. The van der Waals surface area contributed by atoms with Gasteiger partial charge in [0, 0.05) is 5.69 Å². The quantitative estimate of drug-likeness (QED) is 0.698.